The minimum atomic E-state index is -0.440. The summed E-state index contributed by atoms with van der Waals surface area (Å²) in [5, 5.41) is 0. The zero-order valence-corrected chi connectivity index (χ0v) is 7.83. The Morgan fingerprint density at radius 3 is 2.86 bits per heavy atom. The third-order valence-corrected chi connectivity index (χ3v) is 2.28. The lowest BCUT2D eigenvalue weighted by atomic mass is 10.3. The van der Waals surface area contributed by atoms with Gasteiger partial charge in [0.1, 0.15) is 5.82 Å². The first-order chi connectivity index (χ1) is 6.68. The number of anilines is 1. The van der Waals surface area contributed by atoms with Crippen LogP contribution in [0.15, 0.2) is 18.2 Å². The maximum Gasteiger partial charge on any atom is 0.324 e. The van der Waals surface area contributed by atoms with Gasteiger partial charge < -0.3 is 4.90 Å². The van der Waals surface area contributed by atoms with E-state index in [-0.39, 0.29) is 6.03 Å². The zero-order valence-electron chi connectivity index (χ0n) is 7.83. The van der Waals surface area contributed by atoms with Crippen molar-refractivity contribution in [2.45, 2.75) is 0 Å². The Hall–Kier alpha value is -1.58. The van der Waals surface area contributed by atoms with Crippen molar-refractivity contribution in [1.82, 2.24) is 4.90 Å². The molecule has 0 bridgehead atoms. The number of nitrogens with zero attached hydrogens (tertiary/aromatic N) is 2. The van der Waals surface area contributed by atoms with Gasteiger partial charge in [0.05, 0.1) is 0 Å². The fourth-order valence-electron chi connectivity index (χ4n) is 1.48. The van der Waals surface area contributed by atoms with Gasteiger partial charge in [-0.15, -0.1) is 0 Å². The van der Waals surface area contributed by atoms with E-state index in [0.29, 0.717) is 18.8 Å². The fourth-order valence-corrected chi connectivity index (χ4v) is 1.48. The van der Waals surface area contributed by atoms with Crippen LogP contribution in [0.5, 0.6) is 0 Å². The number of carbonyl (C=O) groups is 1. The summed E-state index contributed by atoms with van der Waals surface area (Å²) in [5.41, 5.74) is 0.593. The molecule has 1 aliphatic heterocycles. The highest BCUT2D eigenvalue weighted by molar-refractivity contribution is 5.93. The van der Waals surface area contributed by atoms with Gasteiger partial charge in [0.15, 0.2) is 0 Å². The Bertz CT molecular complexity index is 367. The van der Waals surface area contributed by atoms with Gasteiger partial charge in [-0.3, -0.25) is 4.90 Å². The quantitative estimate of drug-likeness (QED) is 0.663. The molecule has 1 heterocycles. The molecule has 0 N–H and O–H groups in total. The molecule has 73 valence electrons. The molecule has 1 aromatic rings. The van der Waals surface area contributed by atoms with Crippen molar-refractivity contribution in [2.75, 3.05) is 25.0 Å². The number of halogens is 1. The summed E-state index contributed by atoms with van der Waals surface area (Å²) >= 11 is 0. The standard InChI is InChI=1S/C10H10FN2O/c1-12-5-6-13(10(12)14)9-4-2-3-8(11)7-9/h2,4,7H,5-6H2,1H3. The van der Waals surface area contributed by atoms with Crippen LogP contribution in [0, 0.1) is 11.9 Å². The summed E-state index contributed by atoms with van der Waals surface area (Å²) < 4.78 is 12.8. The van der Waals surface area contributed by atoms with Gasteiger partial charge in [-0.25, -0.2) is 9.18 Å². The minimum absolute atomic E-state index is 0.0874. The Morgan fingerprint density at radius 2 is 2.29 bits per heavy atom. The van der Waals surface area contributed by atoms with Crippen LogP contribution in [-0.4, -0.2) is 31.1 Å². The van der Waals surface area contributed by atoms with Gasteiger partial charge in [0.2, 0.25) is 0 Å². The van der Waals surface area contributed by atoms with Crippen LogP contribution in [0.25, 0.3) is 0 Å². The van der Waals surface area contributed by atoms with Gasteiger partial charge in [-0.05, 0) is 18.2 Å². The van der Waals surface area contributed by atoms with E-state index in [4.69, 9.17) is 0 Å². The molecule has 0 spiro atoms. The van der Waals surface area contributed by atoms with E-state index in [1.54, 1.807) is 22.9 Å². The lowest BCUT2D eigenvalue weighted by molar-refractivity contribution is 0.229. The predicted octanol–water partition coefficient (Wildman–Crippen LogP) is 1.50. The Morgan fingerprint density at radius 1 is 1.50 bits per heavy atom. The third kappa shape index (κ3) is 1.43. The summed E-state index contributed by atoms with van der Waals surface area (Å²) in [5.74, 6) is -0.440. The average molecular weight is 193 g/mol. The SMILES string of the molecule is CN1CCN(c2cc[c]c(F)c2)C1=O. The highest BCUT2D eigenvalue weighted by Crippen LogP contribution is 2.19. The first-order valence-corrected chi connectivity index (χ1v) is 4.38. The van der Waals surface area contributed by atoms with Crippen LogP contribution in [0.4, 0.5) is 14.9 Å². The molecule has 1 aliphatic rings. The smallest absolute Gasteiger partial charge is 0.324 e. The van der Waals surface area contributed by atoms with Crippen molar-refractivity contribution >= 4 is 11.7 Å². The number of carbonyl (C=O) groups excluding carboxylic acids is 1. The first kappa shape index (κ1) is 8.99. The van der Waals surface area contributed by atoms with Crippen LogP contribution in [0.2, 0.25) is 0 Å². The Kier molecular flexibility index (Phi) is 2.11. The van der Waals surface area contributed by atoms with Crippen LogP contribution < -0.4 is 4.90 Å². The molecule has 14 heavy (non-hydrogen) atoms. The summed E-state index contributed by atoms with van der Waals surface area (Å²) in [7, 11) is 1.73. The number of hydrogen-bond acceptors (Lipinski definition) is 1. The van der Waals surface area contributed by atoms with E-state index in [1.165, 1.54) is 12.1 Å². The minimum Gasteiger partial charge on any atom is -0.326 e. The molecule has 2 rings (SSSR count). The van der Waals surface area contributed by atoms with Crippen LogP contribution >= 0.6 is 0 Å². The highest BCUT2D eigenvalue weighted by Gasteiger charge is 2.26. The molecule has 1 aromatic carbocycles. The molecule has 2 amide bonds. The van der Waals surface area contributed by atoms with E-state index in [2.05, 4.69) is 6.07 Å². The van der Waals surface area contributed by atoms with Gasteiger partial charge in [0.25, 0.3) is 0 Å². The first-order valence-electron chi connectivity index (χ1n) is 4.38. The van der Waals surface area contributed by atoms with Crippen LogP contribution in [0.3, 0.4) is 0 Å². The zero-order chi connectivity index (χ0) is 10.1. The van der Waals surface area contributed by atoms with Crippen molar-refractivity contribution in [3.63, 3.8) is 0 Å². The molecule has 0 atom stereocenters. The van der Waals surface area contributed by atoms with E-state index in [1.807, 2.05) is 0 Å². The number of likely N-dealkylation sites (N-methyl/N-ethyl adjacent to an activating group) is 1. The predicted molar refractivity (Wildman–Crippen MR) is 50.6 cm³/mol. The van der Waals surface area contributed by atoms with Gasteiger partial charge in [-0.1, -0.05) is 0 Å². The number of urea groups is 1. The van der Waals surface area contributed by atoms with E-state index in [0.717, 1.165) is 0 Å². The van der Waals surface area contributed by atoms with Crippen molar-refractivity contribution < 1.29 is 9.18 Å². The second-order valence-electron chi connectivity index (χ2n) is 3.25. The number of benzene rings is 1. The van der Waals surface area contributed by atoms with Gasteiger partial charge >= 0.3 is 6.03 Å². The lowest BCUT2D eigenvalue weighted by Crippen LogP contribution is -2.29. The second-order valence-corrected chi connectivity index (χ2v) is 3.25. The highest BCUT2D eigenvalue weighted by atomic mass is 19.1. The monoisotopic (exact) mass is 193 g/mol. The second kappa shape index (κ2) is 3.29. The third-order valence-electron chi connectivity index (χ3n) is 2.28. The molecule has 0 saturated carbocycles. The van der Waals surface area contributed by atoms with E-state index >= 15 is 0 Å². The Labute approximate surface area is 81.7 Å². The molecule has 3 nitrogen and oxygen atoms in total. The number of rotatable bonds is 1. The van der Waals surface area contributed by atoms with Crippen LogP contribution in [-0.2, 0) is 0 Å². The summed E-state index contributed by atoms with van der Waals surface area (Å²) in [6.45, 7) is 1.29. The lowest BCUT2D eigenvalue weighted by Gasteiger charge is -2.15. The van der Waals surface area contributed by atoms with Crippen molar-refractivity contribution in [1.29, 1.82) is 0 Å². The molecular weight excluding hydrogens is 183 g/mol. The van der Waals surface area contributed by atoms with E-state index < -0.39 is 5.82 Å². The summed E-state index contributed by atoms with van der Waals surface area (Å²) in [6, 6.07) is 6.80. The summed E-state index contributed by atoms with van der Waals surface area (Å²) in [6.07, 6.45) is 0. The number of amides is 2. The molecule has 1 saturated heterocycles. The maximum atomic E-state index is 12.8. The van der Waals surface area contributed by atoms with Crippen molar-refractivity contribution in [3.8, 4) is 0 Å². The molecule has 0 unspecified atom stereocenters. The largest absolute Gasteiger partial charge is 0.326 e. The number of hydrogen-bond donors (Lipinski definition) is 0. The molecular formula is C10H10FN2O. The normalized spacial score (nSPS) is 16.6. The maximum absolute atomic E-state index is 12.8. The van der Waals surface area contributed by atoms with E-state index in [9.17, 15) is 9.18 Å². The van der Waals surface area contributed by atoms with Gasteiger partial charge in [-0.2, -0.15) is 0 Å². The topological polar surface area (TPSA) is 23.6 Å². The van der Waals surface area contributed by atoms with Crippen molar-refractivity contribution in [2.24, 2.45) is 0 Å². The Balaban J connectivity index is 2.28. The molecule has 4 heteroatoms. The summed E-state index contributed by atoms with van der Waals surface area (Å²) in [4.78, 5) is 14.7. The molecule has 0 aliphatic carbocycles. The van der Waals surface area contributed by atoms with Gasteiger partial charge in [0, 0.05) is 31.9 Å². The molecule has 0 aromatic heterocycles. The van der Waals surface area contributed by atoms with Crippen molar-refractivity contribution in [3.05, 3.63) is 30.1 Å². The molecule has 1 radical (unpaired) electrons. The van der Waals surface area contributed by atoms with Crippen LogP contribution in [0.1, 0.15) is 0 Å². The average Bonchev–Trinajstić information content (AvgIpc) is 2.48. The molecule has 1 fully saturated rings. The fraction of sp³-hybridized carbons (Fsp3) is 0.300.